The number of hydrogen-bond acceptors (Lipinski definition) is 3. The van der Waals surface area contributed by atoms with E-state index in [1.807, 2.05) is 18.2 Å². The van der Waals surface area contributed by atoms with Gasteiger partial charge in [0.1, 0.15) is 0 Å². The molecule has 0 saturated carbocycles. The van der Waals surface area contributed by atoms with Crippen molar-refractivity contribution < 1.29 is 0 Å². The zero-order valence-corrected chi connectivity index (χ0v) is 9.30. The summed E-state index contributed by atoms with van der Waals surface area (Å²) in [4.78, 5) is 8.56. The number of nitrogens with zero attached hydrogens (tertiary/aromatic N) is 3. The summed E-state index contributed by atoms with van der Waals surface area (Å²) in [6.07, 6.45) is 6.18. The van der Waals surface area contributed by atoms with E-state index in [0.29, 0.717) is 11.4 Å². The maximum absolute atomic E-state index is 8.70. The quantitative estimate of drug-likeness (QED) is 0.749. The predicted octanol–water partition coefficient (Wildman–Crippen LogP) is 2.74. The molecule has 0 aliphatic heterocycles. The Morgan fingerprint density at radius 1 is 1.18 bits per heavy atom. The van der Waals surface area contributed by atoms with Crippen LogP contribution < -0.4 is 0 Å². The molecule has 0 saturated heterocycles. The Hall–Kier alpha value is -2.47. The Bertz CT molecular complexity index is 548. The van der Waals surface area contributed by atoms with E-state index in [-0.39, 0.29) is 0 Å². The van der Waals surface area contributed by atoms with Gasteiger partial charge in [0, 0.05) is 18.0 Å². The van der Waals surface area contributed by atoms with Gasteiger partial charge in [0.05, 0.1) is 11.6 Å². The molecular weight excluding hydrogens is 210 g/mol. The fourth-order valence-electron chi connectivity index (χ4n) is 1.47. The second kappa shape index (κ2) is 5.04. The highest BCUT2D eigenvalue weighted by Crippen LogP contribution is 2.15. The first-order chi connectivity index (χ1) is 8.33. The zero-order chi connectivity index (χ0) is 12.1. The molecule has 0 aliphatic rings. The first-order valence-electron chi connectivity index (χ1n) is 5.26. The van der Waals surface area contributed by atoms with Crippen LogP contribution in [0.4, 0.5) is 0 Å². The molecule has 3 nitrogen and oxygen atoms in total. The fourth-order valence-corrected chi connectivity index (χ4v) is 1.47. The predicted molar refractivity (Wildman–Crippen MR) is 66.1 cm³/mol. The maximum Gasteiger partial charge on any atom is 0.159 e. The van der Waals surface area contributed by atoms with Crippen molar-refractivity contribution in [3.05, 3.63) is 60.4 Å². The molecule has 82 valence electrons. The first kappa shape index (κ1) is 11.0. The van der Waals surface area contributed by atoms with Gasteiger partial charge in [-0.25, -0.2) is 9.97 Å². The largest absolute Gasteiger partial charge is 0.236 e. The zero-order valence-electron chi connectivity index (χ0n) is 9.30. The lowest BCUT2D eigenvalue weighted by Crippen LogP contribution is -1.91. The number of rotatable bonds is 3. The lowest BCUT2D eigenvalue weighted by Gasteiger charge is -2.01. The number of aromatic nitrogens is 2. The molecule has 0 unspecified atom stereocenters. The van der Waals surface area contributed by atoms with Crippen molar-refractivity contribution in [2.24, 2.45) is 0 Å². The van der Waals surface area contributed by atoms with Gasteiger partial charge in [0.15, 0.2) is 5.82 Å². The minimum atomic E-state index is 0.636. The van der Waals surface area contributed by atoms with E-state index < -0.39 is 0 Å². The van der Waals surface area contributed by atoms with Gasteiger partial charge in [-0.15, -0.1) is 6.58 Å². The third kappa shape index (κ3) is 2.56. The number of allylic oxidation sites excluding steroid dienone is 1. The van der Waals surface area contributed by atoms with Crippen molar-refractivity contribution >= 4 is 0 Å². The van der Waals surface area contributed by atoms with Crippen LogP contribution in [-0.4, -0.2) is 9.97 Å². The molecule has 0 amide bonds. The number of hydrogen-bond donors (Lipinski definition) is 0. The van der Waals surface area contributed by atoms with Crippen molar-refractivity contribution in [3.63, 3.8) is 0 Å². The van der Waals surface area contributed by atoms with Crippen LogP contribution in [0.1, 0.15) is 11.1 Å². The Labute approximate surface area is 100 Å². The minimum Gasteiger partial charge on any atom is -0.236 e. The number of benzene rings is 1. The summed E-state index contributed by atoms with van der Waals surface area (Å²) < 4.78 is 0. The molecule has 3 heteroatoms. The van der Waals surface area contributed by atoms with Crippen molar-refractivity contribution in [1.29, 1.82) is 5.26 Å². The Morgan fingerprint density at radius 2 is 1.82 bits per heavy atom. The Balaban J connectivity index is 2.27. The van der Waals surface area contributed by atoms with Crippen molar-refractivity contribution in [1.82, 2.24) is 9.97 Å². The third-order valence-corrected chi connectivity index (χ3v) is 2.36. The smallest absolute Gasteiger partial charge is 0.159 e. The highest BCUT2D eigenvalue weighted by Gasteiger charge is 2.01. The Kier molecular flexibility index (Phi) is 3.27. The van der Waals surface area contributed by atoms with E-state index in [9.17, 15) is 0 Å². The van der Waals surface area contributed by atoms with Gasteiger partial charge in [0.25, 0.3) is 0 Å². The van der Waals surface area contributed by atoms with Crippen molar-refractivity contribution in [3.8, 4) is 17.5 Å². The summed E-state index contributed by atoms with van der Waals surface area (Å²) in [7, 11) is 0. The van der Waals surface area contributed by atoms with Gasteiger partial charge in [-0.1, -0.05) is 6.08 Å². The number of nitriles is 1. The van der Waals surface area contributed by atoms with E-state index in [4.69, 9.17) is 5.26 Å². The van der Waals surface area contributed by atoms with Crippen LogP contribution in [0.15, 0.2) is 49.3 Å². The normalized spacial score (nSPS) is 9.59. The molecule has 2 rings (SSSR count). The molecule has 17 heavy (non-hydrogen) atoms. The van der Waals surface area contributed by atoms with Crippen LogP contribution in [0.2, 0.25) is 0 Å². The average molecular weight is 221 g/mol. The molecule has 0 atom stereocenters. The van der Waals surface area contributed by atoms with Crippen LogP contribution in [0.25, 0.3) is 11.4 Å². The lowest BCUT2D eigenvalue weighted by atomic mass is 10.1. The van der Waals surface area contributed by atoms with Gasteiger partial charge in [-0.3, -0.25) is 0 Å². The molecule has 0 aliphatic carbocycles. The molecule has 0 spiro atoms. The van der Waals surface area contributed by atoms with E-state index in [1.54, 1.807) is 24.5 Å². The molecule has 0 N–H and O–H groups in total. The summed E-state index contributed by atoms with van der Waals surface area (Å²) in [5, 5.41) is 8.70. The SMILES string of the molecule is C=CCc1cnc(-c2ccc(C#N)cc2)nc1. The summed E-state index contributed by atoms with van der Waals surface area (Å²) in [6, 6.07) is 9.30. The fraction of sp³-hybridized carbons (Fsp3) is 0.0714. The van der Waals surface area contributed by atoms with Crippen molar-refractivity contribution in [2.75, 3.05) is 0 Å². The summed E-state index contributed by atoms with van der Waals surface area (Å²) in [5.41, 5.74) is 2.59. The van der Waals surface area contributed by atoms with E-state index in [2.05, 4.69) is 22.6 Å². The molecule has 1 heterocycles. The highest BCUT2D eigenvalue weighted by atomic mass is 14.9. The molecule has 0 radical (unpaired) electrons. The summed E-state index contributed by atoms with van der Waals surface area (Å²) >= 11 is 0. The topological polar surface area (TPSA) is 49.6 Å². The molecule has 0 bridgehead atoms. The molecule has 2 aromatic rings. The molecular formula is C14H11N3. The standard InChI is InChI=1S/C14H11N3/c1-2-3-12-9-16-14(17-10-12)13-6-4-11(8-15)5-7-13/h2,4-7,9-10H,1,3H2. The van der Waals surface area contributed by atoms with Gasteiger partial charge in [0.2, 0.25) is 0 Å². The third-order valence-electron chi connectivity index (χ3n) is 2.36. The van der Waals surface area contributed by atoms with Gasteiger partial charge in [-0.05, 0) is 36.2 Å². The maximum atomic E-state index is 8.70. The van der Waals surface area contributed by atoms with Crippen LogP contribution in [-0.2, 0) is 6.42 Å². The second-order valence-electron chi connectivity index (χ2n) is 3.60. The lowest BCUT2D eigenvalue weighted by molar-refractivity contribution is 1.10. The van der Waals surface area contributed by atoms with E-state index in [0.717, 1.165) is 17.5 Å². The highest BCUT2D eigenvalue weighted by molar-refractivity contribution is 5.56. The molecule has 1 aromatic carbocycles. The summed E-state index contributed by atoms with van der Waals surface area (Å²) in [5.74, 6) is 0.669. The monoisotopic (exact) mass is 221 g/mol. The van der Waals surface area contributed by atoms with Gasteiger partial charge < -0.3 is 0 Å². The first-order valence-corrected chi connectivity index (χ1v) is 5.26. The minimum absolute atomic E-state index is 0.636. The van der Waals surface area contributed by atoms with Crippen LogP contribution >= 0.6 is 0 Å². The van der Waals surface area contributed by atoms with Crippen LogP contribution in [0.5, 0.6) is 0 Å². The van der Waals surface area contributed by atoms with Crippen LogP contribution in [0, 0.1) is 11.3 Å². The molecule has 1 aromatic heterocycles. The van der Waals surface area contributed by atoms with Gasteiger partial charge in [-0.2, -0.15) is 5.26 Å². The second-order valence-corrected chi connectivity index (χ2v) is 3.60. The van der Waals surface area contributed by atoms with Crippen molar-refractivity contribution in [2.45, 2.75) is 6.42 Å². The summed E-state index contributed by atoms with van der Waals surface area (Å²) in [6.45, 7) is 3.67. The molecule has 0 fully saturated rings. The van der Waals surface area contributed by atoms with Gasteiger partial charge >= 0.3 is 0 Å². The Morgan fingerprint density at radius 3 is 2.35 bits per heavy atom. The average Bonchev–Trinajstić information content (AvgIpc) is 2.40. The van der Waals surface area contributed by atoms with E-state index >= 15 is 0 Å². The van der Waals surface area contributed by atoms with E-state index in [1.165, 1.54) is 0 Å². The van der Waals surface area contributed by atoms with Crippen LogP contribution in [0.3, 0.4) is 0 Å².